The van der Waals surface area contributed by atoms with Gasteiger partial charge >= 0.3 is 5.97 Å². The van der Waals surface area contributed by atoms with Crippen LogP contribution in [0, 0.1) is 6.92 Å². The molecule has 0 saturated heterocycles. The Morgan fingerprint density at radius 3 is 2.67 bits per heavy atom. The standard InChI is InChI=1S/C16H18ClNO3/c1-10(13-6-4-5-7-14(13)17)18(3)9-12-8-15(16(19)20)21-11(12)2/h4-8,10H,9H2,1-3H3,(H,19,20). The Labute approximate surface area is 128 Å². The number of carboxylic acid groups (broad SMARTS) is 1. The number of carbonyl (C=O) groups is 1. The molecule has 1 unspecified atom stereocenters. The Kier molecular flexibility index (Phi) is 4.70. The van der Waals surface area contributed by atoms with Gasteiger partial charge in [0.05, 0.1) is 0 Å². The van der Waals surface area contributed by atoms with Crippen LogP contribution in [0.3, 0.4) is 0 Å². The average molecular weight is 308 g/mol. The van der Waals surface area contributed by atoms with E-state index in [1.165, 1.54) is 0 Å². The fourth-order valence-electron chi connectivity index (χ4n) is 2.24. The lowest BCUT2D eigenvalue weighted by molar-refractivity contribution is 0.0661. The van der Waals surface area contributed by atoms with Gasteiger partial charge < -0.3 is 9.52 Å². The molecule has 2 rings (SSSR count). The lowest BCUT2D eigenvalue weighted by Crippen LogP contribution is -2.22. The van der Waals surface area contributed by atoms with E-state index in [-0.39, 0.29) is 11.8 Å². The monoisotopic (exact) mass is 307 g/mol. The van der Waals surface area contributed by atoms with Crippen LogP contribution in [0.5, 0.6) is 0 Å². The quantitative estimate of drug-likeness (QED) is 0.902. The van der Waals surface area contributed by atoms with Gasteiger partial charge in [0, 0.05) is 23.2 Å². The number of halogens is 1. The van der Waals surface area contributed by atoms with Crippen molar-refractivity contribution in [2.45, 2.75) is 26.4 Å². The molecule has 0 aliphatic carbocycles. The van der Waals surface area contributed by atoms with Gasteiger partial charge in [0.1, 0.15) is 5.76 Å². The van der Waals surface area contributed by atoms with E-state index >= 15 is 0 Å². The molecule has 0 spiro atoms. The lowest BCUT2D eigenvalue weighted by atomic mass is 10.1. The summed E-state index contributed by atoms with van der Waals surface area (Å²) in [5.74, 6) is -0.446. The van der Waals surface area contributed by atoms with Gasteiger partial charge in [-0.3, -0.25) is 4.90 Å². The van der Waals surface area contributed by atoms with E-state index in [2.05, 4.69) is 11.8 Å². The van der Waals surface area contributed by atoms with Crippen molar-refractivity contribution in [3.63, 3.8) is 0 Å². The zero-order valence-electron chi connectivity index (χ0n) is 12.3. The number of hydrogen-bond donors (Lipinski definition) is 1. The summed E-state index contributed by atoms with van der Waals surface area (Å²) >= 11 is 6.22. The van der Waals surface area contributed by atoms with Crippen molar-refractivity contribution in [1.29, 1.82) is 0 Å². The number of hydrogen-bond acceptors (Lipinski definition) is 3. The first-order valence-corrected chi connectivity index (χ1v) is 7.05. The predicted octanol–water partition coefficient (Wildman–Crippen LogP) is 4.13. The number of aromatic carboxylic acids is 1. The number of furan rings is 1. The zero-order chi connectivity index (χ0) is 15.6. The van der Waals surface area contributed by atoms with E-state index in [0.29, 0.717) is 12.3 Å². The Morgan fingerprint density at radius 2 is 2.10 bits per heavy atom. The van der Waals surface area contributed by atoms with Gasteiger partial charge in [0.25, 0.3) is 0 Å². The molecule has 1 N–H and O–H groups in total. The van der Waals surface area contributed by atoms with Gasteiger partial charge in [-0.1, -0.05) is 29.8 Å². The summed E-state index contributed by atoms with van der Waals surface area (Å²) in [4.78, 5) is 13.0. The fourth-order valence-corrected chi connectivity index (χ4v) is 2.53. The van der Waals surface area contributed by atoms with Crippen LogP contribution in [0.25, 0.3) is 0 Å². The molecular formula is C16H18ClNO3. The van der Waals surface area contributed by atoms with Gasteiger partial charge in [-0.15, -0.1) is 0 Å². The minimum Gasteiger partial charge on any atom is -0.475 e. The molecule has 0 radical (unpaired) electrons. The van der Waals surface area contributed by atoms with Crippen molar-refractivity contribution < 1.29 is 14.3 Å². The molecular weight excluding hydrogens is 290 g/mol. The molecule has 5 heteroatoms. The molecule has 2 aromatic rings. The van der Waals surface area contributed by atoms with Crippen LogP contribution in [-0.2, 0) is 6.54 Å². The first-order valence-electron chi connectivity index (χ1n) is 6.67. The number of nitrogens with zero attached hydrogens (tertiary/aromatic N) is 1. The third-order valence-electron chi connectivity index (χ3n) is 3.67. The van der Waals surface area contributed by atoms with Gasteiger partial charge in [-0.05, 0) is 38.6 Å². The van der Waals surface area contributed by atoms with Crippen molar-refractivity contribution in [3.05, 3.63) is 58.0 Å². The van der Waals surface area contributed by atoms with Crippen LogP contribution in [-0.4, -0.2) is 23.0 Å². The van der Waals surface area contributed by atoms with E-state index < -0.39 is 5.97 Å². The van der Waals surface area contributed by atoms with Crippen LogP contribution in [0.15, 0.2) is 34.7 Å². The number of aryl methyl sites for hydroxylation is 1. The molecule has 0 amide bonds. The molecule has 1 heterocycles. The lowest BCUT2D eigenvalue weighted by Gasteiger charge is -2.25. The van der Waals surface area contributed by atoms with E-state index in [4.69, 9.17) is 21.1 Å². The van der Waals surface area contributed by atoms with Crippen molar-refractivity contribution in [1.82, 2.24) is 4.90 Å². The summed E-state index contributed by atoms with van der Waals surface area (Å²) in [5, 5.41) is 9.68. The molecule has 1 aromatic carbocycles. The van der Waals surface area contributed by atoms with Crippen molar-refractivity contribution >= 4 is 17.6 Å². The summed E-state index contributed by atoms with van der Waals surface area (Å²) in [6, 6.07) is 9.41. The number of rotatable bonds is 5. The third-order valence-corrected chi connectivity index (χ3v) is 4.01. The Balaban J connectivity index is 2.16. The number of carboxylic acids is 1. The highest BCUT2D eigenvalue weighted by Gasteiger charge is 2.18. The minimum absolute atomic E-state index is 0.0266. The highest BCUT2D eigenvalue weighted by atomic mass is 35.5. The Hall–Kier alpha value is -1.78. The fraction of sp³-hybridized carbons (Fsp3) is 0.312. The smallest absolute Gasteiger partial charge is 0.371 e. The van der Waals surface area contributed by atoms with E-state index in [1.807, 2.05) is 31.3 Å². The maximum Gasteiger partial charge on any atom is 0.371 e. The van der Waals surface area contributed by atoms with Crippen molar-refractivity contribution in [3.8, 4) is 0 Å². The second kappa shape index (κ2) is 6.33. The second-order valence-electron chi connectivity index (χ2n) is 5.11. The van der Waals surface area contributed by atoms with Gasteiger partial charge in [-0.25, -0.2) is 4.79 Å². The molecule has 0 aliphatic rings. The largest absolute Gasteiger partial charge is 0.475 e. The van der Waals surface area contributed by atoms with Crippen LogP contribution in [0.4, 0.5) is 0 Å². The molecule has 1 atom stereocenters. The van der Waals surface area contributed by atoms with Crippen LogP contribution in [0.1, 0.15) is 40.4 Å². The Bertz CT molecular complexity index is 651. The maximum absolute atomic E-state index is 10.9. The summed E-state index contributed by atoms with van der Waals surface area (Å²) in [5.41, 5.74) is 1.91. The first-order chi connectivity index (χ1) is 9.90. The highest BCUT2D eigenvalue weighted by Crippen LogP contribution is 2.28. The first kappa shape index (κ1) is 15.6. The summed E-state index contributed by atoms with van der Waals surface area (Å²) in [6.07, 6.45) is 0. The van der Waals surface area contributed by atoms with Gasteiger partial charge in [0.15, 0.2) is 0 Å². The SMILES string of the molecule is Cc1oc(C(=O)O)cc1CN(C)C(C)c1ccccc1Cl. The van der Waals surface area contributed by atoms with Crippen molar-refractivity contribution in [2.75, 3.05) is 7.05 Å². The van der Waals surface area contributed by atoms with E-state index in [1.54, 1.807) is 13.0 Å². The predicted molar refractivity (Wildman–Crippen MR) is 81.7 cm³/mol. The molecule has 4 nitrogen and oxygen atoms in total. The topological polar surface area (TPSA) is 53.7 Å². The summed E-state index contributed by atoms with van der Waals surface area (Å²) < 4.78 is 5.23. The molecule has 0 saturated carbocycles. The molecule has 0 fully saturated rings. The zero-order valence-corrected chi connectivity index (χ0v) is 13.0. The number of benzene rings is 1. The van der Waals surface area contributed by atoms with Crippen LogP contribution >= 0.6 is 11.6 Å². The molecule has 112 valence electrons. The summed E-state index contributed by atoms with van der Waals surface area (Å²) in [6.45, 7) is 4.43. The maximum atomic E-state index is 10.9. The molecule has 21 heavy (non-hydrogen) atoms. The summed E-state index contributed by atoms with van der Waals surface area (Å²) in [7, 11) is 1.97. The van der Waals surface area contributed by atoms with Gasteiger partial charge in [0.2, 0.25) is 5.76 Å². The van der Waals surface area contributed by atoms with E-state index in [0.717, 1.165) is 16.1 Å². The Morgan fingerprint density at radius 1 is 1.43 bits per heavy atom. The average Bonchev–Trinajstić information content (AvgIpc) is 2.80. The van der Waals surface area contributed by atoms with Crippen LogP contribution < -0.4 is 0 Å². The minimum atomic E-state index is -1.05. The van der Waals surface area contributed by atoms with Crippen molar-refractivity contribution in [2.24, 2.45) is 0 Å². The molecule has 0 bridgehead atoms. The van der Waals surface area contributed by atoms with Gasteiger partial charge in [-0.2, -0.15) is 0 Å². The highest BCUT2D eigenvalue weighted by molar-refractivity contribution is 6.31. The van der Waals surface area contributed by atoms with E-state index in [9.17, 15) is 4.79 Å². The third kappa shape index (κ3) is 3.46. The van der Waals surface area contributed by atoms with Crippen LogP contribution in [0.2, 0.25) is 5.02 Å². The molecule has 1 aromatic heterocycles. The molecule has 0 aliphatic heterocycles. The second-order valence-corrected chi connectivity index (χ2v) is 5.52. The normalized spacial score (nSPS) is 12.6.